The Kier molecular flexibility index (Phi) is 3.22. The first-order valence-corrected chi connectivity index (χ1v) is 3.95. The Hall–Kier alpha value is -1.62. The first-order chi connectivity index (χ1) is 6.20. The molecule has 0 amide bonds. The minimum atomic E-state index is -1.50. The molecule has 2 heteroatoms. The van der Waals surface area contributed by atoms with Crippen molar-refractivity contribution in [3.05, 3.63) is 35.9 Å². The molecule has 1 aromatic carbocycles. The summed E-state index contributed by atoms with van der Waals surface area (Å²) in [6, 6.07) is 9.01. The quantitative estimate of drug-likeness (QED) is 0.598. The van der Waals surface area contributed by atoms with Gasteiger partial charge in [-0.15, -0.1) is 0 Å². The van der Waals surface area contributed by atoms with Gasteiger partial charge in [-0.05, 0) is 25.0 Å². The number of Topliss-reactive ketones (excluding diaryl/α,β-unsaturated/α-hetero) is 1. The number of carbonyl (C=O) groups is 1. The van der Waals surface area contributed by atoms with E-state index in [9.17, 15) is 9.18 Å². The fourth-order valence-electron chi connectivity index (χ4n) is 0.755. The van der Waals surface area contributed by atoms with Crippen LogP contribution in [0.5, 0.6) is 0 Å². The van der Waals surface area contributed by atoms with Crippen LogP contribution in [-0.4, -0.2) is 12.0 Å². The molecule has 0 saturated heterocycles. The summed E-state index contributed by atoms with van der Waals surface area (Å²) in [6.07, 6.45) is -1.50. The highest BCUT2D eigenvalue weighted by atomic mass is 19.1. The highest BCUT2D eigenvalue weighted by Gasteiger charge is 2.05. The lowest BCUT2D eigenvalue weighted by Gasteiger charge is -1.89. The van der Waals surface area contributed by atoms with E-state index >= 15 is 0 Å². The molecule has 0 spiro atoms. The molecule has 0 aliphatic carbocycles. The molecule has 0 saturated carbocycles. The number of rotatable bonds is 1. The first kappa shape index (κ1) is 9.47. The summed E-state index contributed by atoms with van der Waals surface area (Å²) >= 11 is 0. The average Bonchev–Trinajstić information content (AvgIpc) is 2.15. The predicted molar refractivity (Wildman–Crippen MR) is 48.9 cm³/mol. The second kappa shape index (κ2) is 4.42. The summed E-state index contributed by atoms with van der Waals surface area (Å²) in [5.74, 6) is 4.14. The normalized spacial score (nSPS) is 11.2. The van der Waals surface area contributed by atoms with Crippen LogP contribution in [-0.2, 0) is 4.79 Å². The summed E-state index contributed by atoms with van der Waals surface area (Å²) < 4.78 is 12.3. The van der Waals surface area contributed by atoms with Crippen molar-refractivity contribution in [3.8, 4) is 11.8 Å². The second-order valence-electron chi connectivity index (χ2n) is 2.60. The molecule has 0 bridgehead atoms. The van der Waals surface area contributed by atoms with Crippen LogP contribution in [0.4, 0.5) is 4.39 Å². The van der Waals surface area contributed by atoms with Gasteiger partial charge in [-0.1, -0.05) is 24.1 Å². The van der Waals surface area contributed by atoms with Crippen molar-refractivity contribution in [2.24, 2.45) is 0 Å². The lowest BCUT2D eigenvalue weighted by atomic mass is 10.2. The third kappa shape index (κ3) is 3.08. The molecule has 0 N–H and O–H groups in total. The summed E-state index contributed by atoms with van der Waals surface area (Å²) in [5, 5.41) is 0. The number of carbonyl (C=O) groups excluding carboxylic acids is 1. The zero-order valence-corrected chi connectivity index (χ0v) is 7.25. The van der Waals surface area contributed by atoms with Crippen LogP contribution in [0, 0.1) is 11.8 Å². The standard InChI is InChI=1S/C11H9FO/c1-9(12)11(13)8-7-10-5-3-2-4-6-10/h2-6,9H,1H3. The van der Waals surface area contributed by atoms with Gasteiger partial charge in [0.25, 0.3) is 0 Å². The van der Waals surface area contributed by atoms with Crippen molar-refractivity contribution < 1.29 is 9.18 Å². The van der Waals surface area contributed by atoms with Crippen LogP contribution < -0.4 is 0 Å². The fraction of sp³-hybridized carbons (Fsp3) is 0.182. The van der Waals surface area contributed by atoms with Crippen molar-refractivity contribution in [1.82, 2.24) is 0 Å². The van der Waals surface area contributed by atoms with Crippen LogP contribution in [0.2, 0.25) is 0 Å². The number of ketones is 1. The maximum atomic E-state index is 12.3. The maximum Gasteiger partial charge on any atom is 0.239 e. The van der Waals surface area contributed by atoms with E-state index in [4.69, 9.17) is 0 Å². The van der Waals surface area contributed by atoms with Crippen molar-refractivity contribution >= 4 is 5.78 Å². The van der Waals surface area contributed by atoms with E-state index in [2.05, 4.69) is 11.8 Å². The summed E-state index contributed by atoms with van der Waals surface area (Å²) in [6.45, 7) is 1.18. The molecule has 1 unspecified atom stereocenters. The van der Waals surface area contributed by atoms with E-state index in [0.717, 1.165) is 5.56 Å². The molecule has 0 aliphatic heterocycles. The molecule has 1 rings (SSSR count). The number of halogens is 1. The van der Waals surface area contributed by atoms with E-state index in [1.54, 1.807) is 12.1 Å². The van der Waals surface area contributed by atoms with Gasteiger partial charge in [-0.25, -0.2) is 4.39 Å². The van der Waals surface area contributed by atoms with E-state index in [-0.39, 0.29) is 0 Å². The van der Waals surface area contributed by atoms with Gasteiger partial charge in [-0.2, -0.15) is 0 Å². The number of hydrogen-bond donors (Lipinski definition) is 0. The fourth-order valence-corrected chi connectivity index (χ4v) is 0.755. The smallest absolute Gasteiger partial charge is 0.239 e. The number of alkyl halides is 1. The second-order valence-corrected chi connectivity index (χ2v) is 2.60. The zero-order chi connectivity index (χ0) is 9.68. The molecule has 1 nitrogen and oxygen atoms in total. The van der Waals surface area contributed by atoms with Crippen LogP contribution >= 0.6 is 0 Å². The topological polar surface area (TPSA) is 17.1 Å². The Morgan fingerprint density at radius 3 is 2.54 bits per heavy atom. The van der Waals surface area contributed by atoms with Gasteiger partial charge in [0.05, 0.1) is 0 Å². The summed E-state index contributed by atoms with van der Waals surface area (Å²) in [4.78, 5) is 10.8. The Labute approximate surface area is 76.6 Å². The van der Waals surface area contributed by atoms with Crippen LogP contribution in [0.3, 0.4) is 0 Å². The van der Waals surface area contributed by atoms with Gasteiger partial charge in [0, 0.05) is 5.56 Å². The summed E-state index contributed by atoms with van der Waals surface area (Å²) in [5.41, 5.74) is 0.719. The van der Waals surface area contributed by atoms with Crippen molar-refractivity contribution in [3.63, 3.8) is 0 Å². The van der Waals surface area contributed by atoms with Gasteiger partial charge in [-0.3, -0.25) is 4.79 Å². The third-order valence-electron chi connectivity index (χ3n) is 1.47. The molecule has 0 heterocycles. The van der Waals surface area contributed by atoms with E-state index in [0.29, 0.717) is 0 Å². The Bertz CT molecular complexity index is 343. The van der Waals surface area contributed by atoms with Crippen LogP contribution in [0.1, 0.15) is 12.5 Å². The van der Waals surface area contributed by atoms with E-state index in [1.165, 1.54) is 6.92 Å². The lowest BCUT2D eigenvalue weighted by Crippen LogP contribution is -2.07. The Balaban J connectivity index is 2.74. The highest BCUT2D eigenvalue weighted by molar-refractivity contribution is 5.99. The molecule has 1 atom stereocenters. The van der Waals surface area contributed by atoms with E-state index in [1.807, 2.05) is 18.2 Å². The predicted octanol–water partition coefficient (Wildman–Crippen LogP) is 1.97. The average molecular weight is 176 g/mol. The minimum absolute atomic E-state index is 0.677. The molecule has 0 radical (unpaired) electrons. The van der Waals surface area contributed by atoms with Crippen molar-refractivity contribution in [2.45, 2.75) is 13.1 Å². The first-order valence-electron chi connectivity index (χ1n) is 3.95. The zero-order valence-electron chi connectivity index (χ0n) is 7.25. The molecular formula is C11H9FO. The monoisotopic (exact) mass is 176 g/mol. The molecular weight excluding hydrogens is 167 g/mol. The SMILES string of the molecule is CC(F)C(=O)C#Cc1ccccc1. The molecule has 0 aliphatic rings. The van der Waals surface area contributed by atoms with Crippen LogP contribution in [0.15, 0.2) is 30.3 Å². The lowest BCUT2D eigenvalue weighted by molar-refractivity contribution is -0.117. The third-order valence-corrected chi connectivity index (χ3v) is 1.47. The van der Waals surface area contributed by atoms with Crippen molar-refractivity contribution in [2.75, 3.05) is 0 Å². The van der Waals surface area contributed by atoms with Crippen LogP contribution in [0.25, 0.3) is 0 Å². The molecule has 0 fully saturated rings. The summed E-state index contributed by atoms with van der Waals surface area (Å²) in [7, 11) is 0. The number of benzene rings is 1. The molecule has 0 aromatic heterocycles. The Morgan fingerprint density at radius 1 is 1.38 bits per heavy atom. The van der Waals surface area contributed by atoms with Gasteiger partial charge >= 0.3 is 0 Å². The van der Waals surface area contributed by atoms with E-state index < -0.39 is 12.0 Å². The molecule has 13 heavy (non-hydrogen) atoms. The largest absolute Gasteiger partial charge is 0.282 e. The molecule has 66 valence electrons. The molecule has 1 aromatic rings. The van der Waals surface area contributed by atoms with Gasteiger partial charge < -0.3 is 0 Å². The van der Waals surface area contributed by atoms with Crippen molar-refractivity contribution in [1.29, 1.82) is 0 Å². The van der Waals surface area contributed by atoms with Gasteiger partial charge in [0.15, 0.2) is 6.17 Å². The highest BCUT2D eigenvalue weighted by Crippen LogP contribution is 1.95. The Morgan fingerprint density at radius 2 is 2.00 bits per heavy atom. The number of hydrogen-bond acceptors (Lipinski definition) is 1. The van der Waals surface area contributed by atoms with Gasteiger partial charge in [0.2, 0.25) is 5.78 Å². The van der Waals surface area contributed by atoms with Gasteiger partial charge in [0.1, 0.15) is 0 Å². The minimum Gasteiger partial charge on any atom is -0.282 e. The maximum absolute atomic E-state index is 12.3.